The van der Waals surface area contributed by atoms with Gasteiger partial charge in [-0.25, -0.2) is 13.8 Å². The number of hydrogen-bond donors (Lipinski definition) is 2. The lowest BCUT2D eigenvalue weighted by Gasteiger charge is -2.11. The molecule has 1 heterocycles. The monoisotopic (exact) mass is 340 g/mol. The number of aromatic nitrogens is 2. The first-order chi connectivity index (χ1) is 11.9. The number of hydrogen-bond acceptors (Lipinski definition) is 4. The normalized spacial score (nSPS) is 10.6. The smallest absolute Gasteiger partial charge is 0.229 e. The molecule has 3 aromatic rings. The Hall–Kier alpha value is -3.02. The van der Waals surface area contributed by atoms with Gasteiger partial charge in [-0.15, -0.1) is 0 Å². The van der Waals surface area contributed by atoms with Gasteiger partial charge >= 0.3 is 0 Å². The highest BCUT2D eigenvalue weighted by molar-refractivity contribution is 5.61. The number of benzene rings is 2. The van der Waals surface area contributed by atoms with E-state index in [0.717, 1.165) is 17.3 Å². The highest BCUT2D eigenvalue weighted by Crippen LogP contribution is 2.22. The first-order valence-corrected chi connectivity index (χ1v) is 7.83. The Bertz CT molecular complexity index is 925. The van der Waals surface area contributed by atoms with Crippen molar-refractivity contribution >= 4 is 23.1 Å². The van der Waals surface area contributed by atoms with Gasteiger partial charge in [0.1, 0.15) is 17.5 Å². The molecular weight excluding hydrogens is 322 g/mol. The molecule has 0 saturated carbocycles. The maximum atomic E-state index is 13.8. The number of halogens is 2. The zero-order chi connectivity index (χ0) is 18.0. The number of anilines is 4. The summed E-state index contributed by atoms with van der Waals surface area (Å²) in [5.74, 6) is -0.489. The summed E-state index contributed by atoms with van der Waals surface area (Å²) in [5.41, 5.74) is 4.09. The lowest BCUT2D eigenvalue weighted by Crippen LogP contribution is -2.03. The number of rotatable bonds is 4. The van der Waals surface area contributed by atoms with E-state index in [1.54, 1.807) is 6.07 Å². The van der Waals surface area contributed by atoms with Crippen molar-refractivity contribution in [2.24, 2.45) is 0 Å². The fourth-order valence-electron chi connectivity index (χ4n) is 2.37. The van der Waals surface area contributed by atoms with Crippen molar-refractivity contribution in [3.8, 4) is 0 Å². The van der Waals surface area contributed by atoms with Gasteiger partial charge < -0.3 is 10.6 Å². The van der Waals surface area contributed by atoms with Crippen molar-refractivity contribution < 1.29 is 8.78 Å². The largest absolute Gasteiger partial charge is 0.338 e. The van der Waals surface area contributed by atoms with E-state index in [2.05, 4.69) is 20.6 Å². The van der Waals surface area contributed by atoms with Crippen molar-refractivity contribution in [1.82, 2.24) is 9.97 Å². The Balaban J connectivity index is 1.86. The predicted molar refractivity (Wildman–Crippen MR) is 95.6 cm³/mol. The van der Waals surface area contributed by atoms with Gasteiger partial charge in [0, 0.05) is 23.5 Å². The summed E-state index contributed by atoms with van der Waals surface area (Å²) in [5, 5.41) is 6.00. The molecule has 0 atom stereocenters. The van der Waals surface area contributed by atoms with Gasteiger partial charge in [-0.2, -0.15) is 4.98 Å². The SMILES string of the molecule is Cc1cc(Nc2ccc(F)cc2F)nc(Nc2ccc(C)c(C)c2)n1. The highest BCUT2D eigenvalue weighted by Gasteiger charge is 2.08. The summed E-state index contributed by atoms with van der Waals surface area (Å²) in [6.45, 7) is 5.89. The molecule has 6 heteroatoms. The second kappa shape index (κ2) is 6.84. The van der Waals surface area contributed by atoms with E-state index in [9.17, 15) is 8.78 Å². The number of nitrogens with zero attached hydrogens (tertiary/aromatic N) is 2. The van der Waals surface area contributed by atoms with Crippen LogP contribution in [0.15, 0.2) is 42.5 Å². The molecule has 0 aliphatic heterocycles. The van der Waals surface area contributed by atoms with Crippen LogP contribution >= 0.6 is 0 Å². The average molecular weight is 340 g/mol. The van der Waals surface area contributed by atoms with Crippen LogP contribution in [0.3, 0.4) is 0 Å². The predicted octanol–water partition coefficient (Wildman–Crippen LogP) is 5.17. The van der Waals surface area contributed by atoms with Crippen LogP contribution in [-0.4, -0.2) is 9.97 Å². The Morgan fingerprint density at radius 1 is 0.800 bits per heavy atom. The molecule has 0 aliphatic rings. The Kier molecular flexibility index (Phi) is 4.61. The van der Waals surface area contributed by atoms with E-state index in [0.29, 0.717) is 17.5 Å². The van der Waals surface area contributed by atoms with Gasteiger partial charge in [0.15, 0.2) is 0 Å². The molecule has 128 valence electrons. The molecule has 0 saturated heterocycles. The Morgan fingerprint density at radius 3 is 2.32 bits per heavy atom. The van der Waals surface area contributed by atoms with Crippen molar-refractivity contribution in [2.75, 3.05) is 10.6 Å². The van der Waals surface area contributed by atoms with Crippen molar-refractivity contribution in [3.05, 3.63) is 70.9 Å². The molecule has 0 fully saturated rings. The van der Waals surface area contributed by atoms with Gasteiger partial charge in [0.05, 0.1) is 5.69 Å². The zero-order valence-corrected chi connectivity index (χ0v) is 14.2. The van der Waals surface area contributed by atoms with Gasteiger partial charge in [0.2, 0.25) is 5.95 Å². The first-order valence-electron chi connectivity index (χ1n) is 7.83. The molecule has 2 aromatic carbocycles. The zero-order valence-electron chi connectivity index (χ0n) is 14.2. The second-order valence-corrected chi connectivity index (χ2v) is 5.89. The molecule has 0 unspecified atom stereocenters. The molecule has 4 nitrogen and oxygen atoms in total. The molecule has 0 spiro atoms. The van der Waals surface area contributed by atoms with Crippen LogP contribution in [0, 0.1) is 32.4 Å². The summed E-state index contributed by atoms with van der Waals surface area (Å²) in [6, 6.07) is 11.0. The minimum Gasteiger partial charge on any atom is -0.338 e. The van der Waals surface area contributed by atoms with Gasteiger partial charge in [-0.05, 0) is 56.2 Å². The summed E-state index contributed by atoms with van der Waals surface area (Å²) in [4.78, 5) is 8.69. The molecular formula is C19H18F2N4. The lowest BCUT2D eigenvalue weighted by atomic mass is 10.1. The van der Waals surface area contributed by atoms with Crippen molar-refractivity contribution in [2.45, 2.75) is 20.8 Å². The quantitative estimate of drug-likeness (QED) is 0.688. The van der Waals surface area contributed by atoms with Gasteiger partial charge in [0.25, 0.3) is 0 Å². The Labute approximate surface area is 145 Å². The van der Waals surface area contributed by atoms with Crippen LogP contribution in [0.4, 0.5) is 31.9 Å². The Morgan fingerprint density at radius 2 is 1.60 bits per heavy atom. The molecule has 1 aromatic heterocycles. The van der Waals surface area contributed by atoms with Crippen molar-refractivity contribution in [1.29, 1.82) is 0 Å². The third-order valence-electron chi connectivity index (χ3n) is 3.81. The minimum absolute atomic E-state index is 0.150. The third-order valence-corrected chi connectivity index (χ3v) is 3.81. The molecule has 0 radical (unpaired) electrons. The van der Waals surface area contributed by atoms with E-state index in [4.69, 9.17) is 0 Å². The van der Waals surface area contributed by atoms with E-state index < -0.39 is 11.6 Å². The first kappa shape index (κ1) is 16.8. The van der Waals surface area contributed by atoms with Gasteiger partial charge in [-0.1, -0.05) is 6.07 Å². The third kappa shape index (κ3) is 4.09. The summed E-state index contributed by atoms with van der Waals surface area (Å²) in [7, 11) is 0. The molecule has 0 bridgehead atoms. The summed E-state index contributed by atoms with van der Waals surface area (Å²) < 4.78 is 26.8. The van der Waals surface area contributed by atoms with Crippen LogP contribution in [0.1, 0.15) is 16.8 Å². The summed E-state index contributed by atoms with van der Waals surface area (Å²) >= 11 is 0. The van der Waals surface area contributed by atoms with Gasteiger partial charge in [-0.3, -0.25) is 0 Å². The highest BCUT2D eigenvalue weighted by atomic mass is 19.1. The van der Waals surface area contributed by atoms with Crippen molar-refractivity contribution in [3.63, 3.8) is 0 Å². The van der Waals surface area contributed by atoms with Crippen LogP contribution in [0.5, 0.6) is 0 Å². The van der Waals surface area contributed by atoms with E-state index in [1.807, 2.05) is 39.0 Å². The molecule has 25 heavy (non-hydrogen) atoms. The van der Waals surface area contributed by atoms with Crippen LogP contribution in [0.25, 0.3) is 0 Å². The molecule has 0 amide bonds. The second-order valence-electron chi connectivity index (χ2n) is 5.89. The van der Waals surface area contributed by atoms with Crippen LogP contribution < -0.4 is 10.6 Å². The van der Waals surface area contributed by atoms with Crippen LogP contribution in [0.2, 0.25) is 0 Å². The standard InChI is InChI=1S/C19H18F2N4/c1-11-4-6-15(8-12(11)2)23-19-22-13(3)9-18(25-19)24-17-7-5-14(20)10-16(17)21/h4-10H,1-3H3,(H2,22,23,24,25). The fraction of sp³-hybridized carbons (Fsp3) is 0.158. The minimum atomic E-state index is -0.681. The molecule has 0 aliphatic carbocycles. The lowest BCUT2D eigenvalue weighted by molar-refractivity contribution is 0.586. The average Bonchev–Trinajstić information content (AvgIpc) is 2.53. The topological polar surface area (TPSA) is 49.8 Å². The van der Waals surface area contributed by atoms with E-state index in [-0.39, 0.29) is 5.69 Å². The molecule has 2 N–H and O–H groups in total. The fourth-order valence-corrected chi connectivity index (χ4v) is 2.37. The number of nitrogens with one attached hydrogen (secondary N) is 2. The molecule has 3 rings (SSSR count). The van der Waals surface area contributed by atoms with E-state index in [1.165, 1.54) is 17.7 Å². The summed E-state index contributed by atoms with van der Waals surface area (Å²) in [6.07, 6.45) is 0. The van der Waals surface area contributed by atoms with E-state index >= 15 is 0 Å². The number of aryl methyl sites for hydroxylation is 3. The van der Waals surface area contributed by atoms with Crippen LogP contribution in [-0.2, 0) is 0 Å². The maximum Gasteiger partial charge on any atom is 0.229 e. The maximum absolute atomic E-state index is 13.8.